The van der Waals surface area contributed by atoms with Crippen molar-refractivity contribution in [3.05, 3.63) is 54.2 Å². The van der Waals surface area contributed by atoms with Crippen LogP contribution in [0.2, 0.25) is 0 Å². The molecule has 0 bridgehead atoms. The highest BCUT2D eigenvalue weighted by atomic mass is 32.2. The van der Waals surface area contributed by atoms with Gasteiger partial charge >= 0.3 is 0 Å². The molecule has 1 amide bonds. The molecule has 118 valence electrons. The van der Waals surface area contributed by atoms with Crippen LogP contribution in [0.3, 0.4) is 0 Å². The molecule has 8 heteroatoms. The Balaban J connectivity index is 2.00. The highest BCUT2D eigenvalue weighted by Gasteiger charge is 2.25. The lowest BCUT2D eigenvalue weighted by Crippen LogP contribution is -2.38. The van der Waals surface area contributed by atoms with Gasteiger partial charge in [0.05, 0.1) is 19.4 Å². The van der Waals surface area contributed by atoms with Gasteiger partial charge in [0.25, 0.3) is 0 Å². The number of hydrogen-bond donors (Lipinski definition) is 1. The highest BCUT2D eigenvalue weighted by molar-refractivity contribution is 7.89. The van der Waals surface area contributed by atoms with E-state index in [0.717, 1.165) is 16.4 Å². The first-order valence-corrected chi connectivity index (χ1v) is 7.85. The predicted octanol–water partition coefficient (Wildman–Crippen LogP) is 1.36. The number of benzene rings is 1. The van der Waals surface area contributed by atoms with Gasteiger partial charge in [-0.25, -0.2) is 12.8 Å². The molecule has 1 aromatic heterocycles. The first-order valence-electron chi connectivity index (χ1n) is 6.41. The number of rotatable bonds is 6. The van der Waals surface area contributed by atoms with Gasteiger partial charge in [0, 0.05) is 7.05 Å². The van der Waals surface area contributed by atoms with Gasteiger partial charge in [-0.3, -0.25) is 4.79 Å². The number of likely N-dealkylation sites (N-methyl/N-ethyl adjacent to an activating group) is 1. The number of sulfonamides is 1. The van der Waals surface area contributed by atoms with Gasteiger partial charge in [0.1, 0.15) is 16.5 Å². The molecule has 0 aliphatic carbocycles. The summed E-state index contributed by atoms with van der Waals surface area (Å²) >= 11 is 0. The van der Waals surface area contributed by atoms with E-state index in [1.165, 1.54) is 25.4 Å². The van der Waals surface area contributed by atoms with Crippen molar-refractivity contribution >= 4 is 15.9 Å². The van der Waals surface area contributed by atoms with Crippen molar-refractivity contribution < 1.29 is 22.0 Å². The van der Waals surface area contributed by atoms with Crippen LogP contribution in [-0.2, 0) is 21.4 Å². The van der Waals surface area contributed by atoms with Gasteiger partial charge in [0.2, 0.25) is 15.9 Å². The summed E-state index contributed by atoms with van der Waals surface area (Å²) in [4.78, 5) is 11.3. The molecule has 0 radical (unpaired) electrons. The molecule has 0 fully saturated rings. The number of hydrogen-bond acceptors (Lipinski definition) is 4. The Bertz CT molecular complexity index is 744. The number of furan rings is 1. The van der Waals surface area contributed by atoms with Crippen molar-refractivity contribution in [3.8, 4) is 0 Å². The Hall–Kier alpha value is -2.19. The monoisotopic (exact) mass is 326 g/mol. The second-order valence-electron chi connectivity index (χ2n) is 4.55. The fourth-order valence-corrected chi connectivity index (χ4v) is 2.95. The smallest absolute Gasteiger partial charge is 0.246 e. The molecule has 0 spiro atoms. The van der Waals surface area contributed by atoms with Gasteiger partial charge in [-0.05, 0) is 24.3 Å². The molecule has 0 saturated carbocycles. The number of halogens is 1. The summed E-state index contributed by atoms with van der Waals surface area (Å²) in [5.41, 5.74) is 0. The average molecular weight is 326 g/mol. The van der Waals surface area contributed by atoms with Crippen molar-refractivity contribution in [2.45, 2.75) is 11.4 Å². The quantitative estimate of drug-likeness (QED) is 0.869. The van der Waals surface area contributed by atoms with E-state index in [2.05, 4.69) is 5.32 Å². The van der Waals surface area contributed by atoms with E-state index < -0.39 is 33.2 Å². The molecule has 0 atom stereocenters. The maximum atomic E-state index is 13.6. The van der Waals surface area contributed by atoms with Crippen LogP contribution in [-0.4, -0.2) is 32.2 Å². The van der Waals surface area contributed by atoms with E-state index in [9.17, 15) is 17.6 Å². The molecule has 0 unspecified atom stereocenters. The number of amides is 1. The van der Waals surface area contributed by atoms with Crippen molar-refractivity contribution in [3.63, 3.8) is 0 Å². The van der Waals surface area contributed by atoms with Crippen molar-refractivity contribution in [1.29, 1.82) is 0 Å². The summed E-state index contributed by atoms with van der Waals surface area (Å²) in [5, 5.41) is 2.52. The maximum Gasteiger partial charge on any atom is 0.246 e. The van der Waals surface area contributed by atoms with Crippen LogP contribution in [0, 0.1) is 5.82 Å². The first kappa shape index (κ1) is 16.2. The van der Waals surface area contributed by atoms with E-state index in [-0.39, 0.29) is 6.54 Å². The number of carbonyl (C=O) groups excluding carboxylic acids is 1. The first-order chi connectivity index (χ1) is 10.4. The van der Waals surface area contributed by atoms with E-state index in [4.69, 9.17) is 4.42 Å². The molecule has 22 heavy (non-hydrogen) atoms. The Morgan fingerprint density at radius 2 is 2.00 bits per heavy atom. The Kier molecular flexibility index (Phi) is 4.94. The lowest BCUT2D eigenvalue weighted by Gasteiger charge is -2.17. The van der Waals surface area contributed by atoms with Crippen molar-refractivity contribution in [1.82, 2.24) is 9.62 Å². The molecule has 6 nitrogen and oxygen atoms in total. The van der Waals surface area contributed by atoms with Gasteiger partial charge in [-0.15, -0.1) is 0 Å². The normalized spacial score (nSPS) is 11.6. The molecular formula is C14H15FN2O4S. The van der Waals surface area contributed by atoms with Crippen LogP contribution in [0.1, 0.15) is 5.76 Å². The van der Waals surface area contributed by atoms with Gasteiger partial charge < -0.3 is 9.73 Å². The average Bonchev–Trinajstić information content (AvgIpc) is 2.98. The number of carbonyl (C=O) groups is 1. The van der Waals surface area contributed by atoms with Crippen LogP contribution < -0.4 is 5.32 Å². The number of nitrogens with one attached hydrogen (secondary N) is 1. The zero-order chi connectivity index (χ0) is 16.2. The molecule has 2 rings (SSSR count). The Morgan fingerprint density at radius 3 is 2.64 bits per heavy atom. The van der Waals surface area contributed by atoms with E-state index >= 15 is 0 Å². The largest absolute Gasteiger partial charge is 0.467 e. The molecule has 1 aromatic carbocycles. The van der Waals surface area contributed by atoms with Crippen LogP contribution in [0.15, 0.2) is 52.0 Å². The van der Waals surface area contributed by atoms with Gasteiger partial charge in [-0.1, -0.05) is 12.1 Å². The lowest BCUT2D eigenvalue weighted by atomic mass is 10.4. The zero-order valence-electron chi connectivity index (χ0n) is 11.8. The van der Waals surface area contributed by atoms with Crippen molar-refractivity contribution in [2.24, 2.45) is 0 Å². The third-order valence-corrected chi connectivity index (χ3v) is 4.77. The second-order valence-corrected chi connectivity index (χ2v) is 6.56. The summed E-state index contributed by atoms with van der Waals surface area (Å²) in [6.45, 7) is -0.267. The molecule has 0 aliphatic rings. The third kappa shape index (κ3) is 3.71. The SMILES string of the molecule is CN(CC(=O)NCc1ccco1)S(=O)(=O)c1ccccc1F. The van der Waals surface area contributed by atoms with Crippen LogP contribution in [0.5, 0.6) is 0 Å². The van der Waals surface area contributed by atoms with Crippen LogP contribution in [0.4, 0.5) is 4.39 Å². The topological polar surface area (TPSA) is 79.6 Å². The van der Waals surface area contributed by atoms with Gasteiger partial charge in [0.15, 0.2) is 0 Å². The highest BCUT2D eigenvalue weighted by Crippen LogP contribution is 2.17. The summed E-state index contributed by atoms with van der Waals surface area (Å²) in [6.07, 6.45) is 1.47. The minimum absolute atomic E-state index is 0.152. The molecule has 1 N–H and O–H groups in total. The molecule has 2 aromatic rings. The zero-order valence-corrected chi connectivity index (χ0v) is 12.6. The summed E-state index contributed by atoms with van der Waals surface area (Å²) in [6, 6.07) is 8.38. The standard InChI is InChI=1S/C14H15FN2O4S/c1-17(10-14(18)16-9-11-5-4-8-21-11)22(19,20)13-7-3-2-6-12(13)15/h2-8H,9-10H2,1H3,(H,16,18). The summed E-state index contributed by atoms with van der Waals surface area (Å²) in [7, 11) is -2.85. The molecule has 1 heterocycles. The van der Waals surface area contributed by atoms with E-state index in [0.29, 0.717) is 5.76 Å². The van der Waals surface area contributed by atoms with Crippen LogP contribution in [0.25, 0.3) is 0 Å². The molecule has 0 aliphatic heterocycles. The second kappa shape index (κ2) is 6.71. The maximum absolute atomic E-state index is 13.6. The molecular weight excluding hydrogens is 311 g/mol. The lowest BCUT2D eigenvalue weighted by molar-refractivity contribution is -0.121. The Morgan fingerprint density at radius 1 is 1.27 bits per heavy atom. The summed E-state index contributed by atoms with van der Waals surface area (Å²) in [5.74, 6) is -0.822. The van der Waals surface area contributed by atoms with Gasteiger partial charge in [-0.2, -0.15) is 4.31 Å². The molecule has 0 saturated heterocycles. The minimum Gasteiger partial charge on any atom is -0.467 e. The van der Waals surface area contributed by atoms with Crippen LogP contribution >= 0.6 is 0 Å². The predicted molar refractivity (Wildman–Crippen MR) is 76.8 cm³/mol. The number of nitrogens with zero attached hydrogens (tertiary/aromatic N) is 1. The van der Waals surface area contributed by atoms with E-state index in [1.807, 2.05) is 0 Å². The Labute approximate surface area is 127 Å². The third-order valence-electron chi connectivity index (χ3n) is 2.93. The van der Waals surface area contributed by atoms with Crippen molar-refractivity contribution in [2.75, 3.05) is 13.6 Å². The fraction of sp³-hybridized carbons (Fsp3) is 0.214. The minimum atomic E-state index is -4.06. The summed E-state index contributed by atoms with van der Waals surface area (Å²) < 4.78 is 43.9. The fourth-order valence-electron chi connectivity index (χ4n) is 1.76. The van der Waals surface area contributed by atoms with E-state index in [1.54, 1.807) is 12.1 Å².